The average molecular weight is 548 g/mol. The Bertz CT molecular complexity index is 765. The third-order valence-electron chi connectivity index (χ3n) is 6.63. The summed E-state index contributed by atoms with van der Waals surface area (Å²) < 4.78 is 38.8. The van der Waals surface area contributed by atoms with Crippen LogP contribution < -0.4 is 22.5 Å². The lowest BCUT2D eigenvalue weighted by Crippen LogP contribution is -2.68. The van der Waals surface area contributed by atoms with Crippen molar-refractivity contribution in [2.45, 2.75) is 92.0 Å². The van der Waals surface area contributed by atoms with Gasteiger partial charge in [0.1, 0.15) is 42.7 Å². The van der Waals surface area contributed by atoms with Gasteiger partial charge in [-0.3, -0.25) is 4.52 Å². The lowest BCUT2D eigenvalue weighted by atomic mass is 9.84. The fraction of sp³-hybridized carbons (Fsp3) is 1.00. The maximum atomic E-state index is 11.5. The molecule has 2 aliphatic heterocycles. The van der Waals surface area contributed by atoms with E-state index in [9.17, 15) is 39.9 Å². The number of phosphoric acid groups is 1. The van der Waals surface area contributed by atoms with E-state index in [0.717, 1.165) is 0 Å². The van der Waals surface area contributed by atoms with Crippen molar-refractivity contribution in [3.05, 3.63) is 0 Å². The summed E-state index contributed by atoms with van der Waals surface area (Å²) in [4.78, 5) is 18.7. The van der Waals surface area contributed by atoms with E-state index in [0.29, 0.717) is 0 Å². The fourth-order valence-corrected chi connectivity index (χ4v) is 5.25. The Morgan fingerprint density at radius 3 is 2.06 bits per heavy atom. The van der Waals surface area contributed by atoms with Crippen molar-refractivity contribution in [2.75, 3.05) is 20.3 Å². The molecule has 3 fully saturated rings. The summed E-state index contributed by atoms with van der Waals surface area (Å²) >= 11 is 0. The Hall–Kier alpha value is -0.410. The maximum Gasteiger partial charge on any atom is 0.470 e. The zero-order valence-electron chi connectivity index (χ0n) is 19.5. The van der Waals surface area contributed by atoms with Crippen molar-refractivity contribution in [3.63, 3.8) is 0 Å². The zero-order valence-corrected chi connectivity index (χ0v) is 20.4. The van der Waals surface area contributed by atoms with Crippen LogP contribution in [0.5, 0.6) is 0 Å². The molecule has 3 rings (SSSR count). The maximum absolute atomic E-state index is 11.5. The molecule has 0 unspecified atom stereocenters. The first-order valence-electron chi connectivity index (χ1n) is 11.4. The molecular weight excluding hydrogens is 511 g/mol. The van der Waals surface area contributed by atoms with Gasteiger partial charge in [0.2, 0.25) is 0 Å². The molecule has 0 aromatic carbocycles. The van der Waals surface area contributed by atoms with E-state index >= 15 is 0 Å². The Labute approximate surface area is 206 Å². The van der Waals surface area contributed by atoms with Gasteiger partial charge in [0.25, 0.3) is 0 Å². The van der Waals surface area contributed by atoms with Gasteiger partial charge in [0.15, 0.2) is 12.6 Å². The third kappa shape index (κ3) is 6.59. The first kappa shape index (κ1) is 30.1. The number of hydrogen-bond acceptors (Lipinski definition) is 15. The number of hydrogen-bond donors (Lipinski definition) is 11. The van der Waals surface area contributed by atoms with Crippen LogP contribution >= 0.6 is 7.82 Å². The smallest absolute Gasteiger partial charge is 0.394 e. The number of phosphoric ester groups is 1. The fourth-order valence-electron chi connectivity index (χ4n) is 4.70. The van der Waals surface area contributed by atoms with Crippen LogP contribution in [0.3, 0.4) is 0 Å². The van der Waals surface area contributed by atoms with Crippen LogP contribution in [-0.2, 0) is 28.0 Å². The highest BCUT2D eigenvalue weighted by Gasteiger charge is 2.51. The molecule has 2 heterocycles. The Kier molecular flexibility index (Phi) is 10.2. The molecule has 0 aromatic heterocycles. The largest absolute Gasteiger partial charge is 0.470 e. The van der Waals surface area contributed by atoms with Crippen LogP contribution in [0.4, 0.5) is 0 Å². The van der Waals surface area contributed by atoms with E-state index in [-0.39, 0.29) is 13.0 Å². The molecular formula is C18H37N4O13P. The van der Waals surface area contributed by atoms with E-state index in [1.165, 1.54) is 7.05 Å². The van der Waals surface area contributed by atoms with Crippen molar-refractivity contribution in [1.29, 1.82) is 0 Å². The number of rotatable bonds is 8. The van der Waals surface area contributed by atoms with Crippen LogP contribution in [0, 0.1) is 0 Å². The standard InChI is InChI=1S/C18H37N4O13P/c1-22-10-7(24)4-31-18(16(10)35-36(28,29)30)34-15-6(20)2-5(19)14(13(15)27)33-17-9(21)12(26)11(25)8(3-23)32-17/h5-18,22-27H,2-4,19-21H2,1H3,(H2,28,29,30)/t5-,6+,7+,8+,9+,10-,11+,12+,13-,14+,15-,16+,17+,18+/m0/s1. The van der Waals surface area contributed by atoms with E-state index < -0.39 is 100 Å². The summed E-state index contributed by atoms with van der Waals surface area (Å²) in [7, 11) is -3.61. The minimum absolute atomic E-state index is 0.0533. The van der Waals surface area contributed by atoms with Crippen LogP contribution in [0.25, 0.3) is 0 Å². The Morgan fingerprint density at radius 1 is 0.944 bits per heavy atom. The Balaban J connectivity index is 1.77. The molecule has 0 radical (unpaired) electrons. The summed E-state index contributed by atoms with van der Waals surface area (Å²) in [6, 6.07) is -3.99. The predicted molar refractivity (Wildman–Crippen MR) is 118 cm³/mol. The van der Waals surface area contributed by atoms with Gasteiger partial charge in [-0.05, 0) is 13.5 Å². The van der Waals surface area contributed by atoms with Crippen LogP contribution in [0.1, 0.15) is 6.42 Å². The summed E-state index contributed by atoms with van der Waals surface area (Å²) in [5.41, 5.74) is 18.2. The van der Waals surface area contributed by atoms with E-state index in [2.05, 4.69) is 5.32 Å². The summed E-state index contributed by atoms with van der Waals surface area (Å²) in [6.07, 6.45) is -13.7. The molecule has 14 N–H and O–H groups in total. The lowest BCUT2D eigenvalue weighted by molar-refractivity contribution is -0.310. The molecule has 17 nitrogen and oxygen atoms in total. The highest BCUT2D eigenvalue weighted by atomic mass is 31.2. The number of nitrogens with two attached hydrogens (primary N) is 3. The number of aliphatic hydroxyl groups is 5. The highest BCUT2D eigenvalue weighted by molar-refractivity contribution is 7.46. The monoisotopic (exact) mass is 548 g/mol. The first-order valence-corrected chi connectivity index (χ1v) is 12.9. The normalized spacial score (nSPS) is 48.6. The van der Waals surface area contributed by atoms with Crippen molar-refractivity contribution < 1.29 is 63.4 Å². The van der Waals surface area contributed by atoms with Gasteiger partial charge in [0.05, 0.1) is 31.4 Å². The first-order chi connectivity index (χ1) is 16.8. The van der Waals surface area contributed by atoms with Gasteiger partial charge in [-0.25, -0.2) is 4.57 Å². The molecule has 1 aliphatic carbocycles. The number of ether oxygens (including phenoxy) is 4. The van der Waals surface area contributed by atoms with Gasteiger partial charge < -0.3 is 76.8 Å². The molecule has 0 aromatic rings. The zero-order chi connectivity index (χ0) is 26.9. The quantitative estimate of drug-likeness (QED) is 0.126. The molecule has 1 saturated carbocycles. The second-order valence-electron chi connectivity index (χ2n) is 9.18. The number of likely N-dealkylation sites (N-methyl/N-ethyl adjacent to an activating group) is 1. The van der Waals surface area contributed by atoms with Crippen molar-refractivity contribution >= 4 is 7.82 Å². The second-order valence-corrected chi connectivity index (χ2v) is 10.4. The minimum atomic E-state index is -5.05. The molecule has 0 amide bonds. The molecule has 18 heteroatoms. The molecule has 212 valence electrons. The highest BCUT2D eigenvalue weighted by Crippen LogP contribution is 2.41. The summed E-state index contributed by atoms with van der Waals surface area (Å²) in [5.74, 6) is 0. The van der Waals surface area contributed by atoms with Crippen molar-refractivity contribution in [1.82, 2.24) is 5.32 Å². The predicted octanol–water partition coefficient (Wildman–Crippen LogP) is -6.27. The van der Waals surface area contributed by atoms with Crippen LogP contribution in [-0.4, -0.2) is 141 Å². The van der Waals surface area contributed by atoms with Gasteiger partial charge in [-0.2, -0.15) is 0 Å². The van der Waals surface area contributed by atoms with Gasteiger partial charge >= 0.3 is 7.82 Å². The molecule has 14 atom stereocenters. The SMILES string of the molecule is CN[C@@H]1[C@@H](OP(=O)(O)O)[C@@H](O[C@@H]2[C@@H](O)[C@H](O[C@H]3O[C@H](CO)[C@@H](O)[C@H](O)[C@H]3N)[C@@H](N)C[C@H]2N)OC[C@H]1O. The molecule has 0 bridgehead atoms. The molecule has 36 heavy (non-hydrogen) atoms. The number of nitrogens with one attached hydrogen (secondary N) is 1. The topological polar surface area (TPSA) is 295 Å². The Morgan fingerprint density at radius 2 is 1.53 bits per heavy atom. The van der Waals surface area contributed by atoms with Gasteiger partial charge in [-0.1, -0.05) is 0 Å². The summed E-state index contributed by atoms with van der Waals surface area (Å²) in [6.45, 7) is -0.915. The molecule has 2 saturated heterocycles. The lowest BCUT2D eigenvalue weighted by Gasteiger charge is -2.48. The molecule has 3 aliphatic rings. The number of aliphatic hydroxyl groups excluding tert-OH is 5. The van der Waals surface area contributed by atoms with E-state index in [1.54, 1.807) is 0 Å². The van der Waals surface area contributed by atoms with Crippen molar-refractivity contribution in [3.8, 4) is 0 Å². The van der Waals surface area contributed by atoms with Crippen LogP contribution in [0.2, 0.25) is 0 Å². The second kappa shape index (κ2) is 12.2. The summed E-state index contributed by atoms with van der Waals surface area (Å²) in [5, 5.41) is 53.5. The van der Waals surface area contributed by atoms with Gasteiger partial charge in [-0.15, -0.1) is 0 Å². The average Bonchev–Trinajstić information content (AvgIpc) is 2.79. The molecule has 0 spiro atoms. The van der Waals surface area contributed by atoms with E-state index in [4.69, 9.17) is 40.7 Å². The van der Waals surface area contributed by atoms with Crippen LogP contribution in [0.15, 0.2) is 0 Å². The van der Waals surface area contributed by atoms with E-state index in [1.807, 2.05) is 0 Å². The minimum Gasteiger partial charge on any atom is -0.394 e. The third-order valence-corrected chi connectivity index (χ3v) is 7.15. The van der Waals surface area contributed by atoms with Gasteiger partial charge in [0, 0.05) is 12.1 Å². The van der Waals surface area contributed by atoms with Crippen molar-refractivity contribution in [2.24, 2.45) is 17.2 Å².